The predicted molar refractivity (Wildman–Crippen MR) is 140 cm³/mol. The van der Waals surface area contributed by atoms with E-state index in [4.69, 9.17) is 4.74 Å². The topological polar surface area (TPSA) is 25.0 Å². The van der Waals surface area contributed by atoms with Gasteiger partial charge in [0, 0.05) is 34.0 Å². The van der Waals surface area contributed by atoms with E-state index < -0.39 is 0 Å². The van der Waals surface area contributed by atoms with Crippen molar-refractivity contribution in [1.82, 2.24) is 4.98 Å². The van der Waals surface area contributed by atoms with Gasteiger partial charge < -0.3 is 9.72 Å². The molecule has 0 radical (unpaired) electrons. The highest BCUT2D eigenvalue weighted by atomic mass is 32.2. The van der Waals surface area contributed by atoms with E-state index in [1.165, 1.54) is 22.3 Å². The fourth-order valence-corrected chi connectivity index (χ4v) is 5.97. The lowest BCUT2D eigenvalue weighted by Crippen LogP contribution is -2.11. The highest BCUT2D eigenvalue weighted by molar-refractivity contribution is 7.98. The van der Waals surface area contributed by atoms with E-state index in [0.29, 0.717) is 0 Å². The fourth-order valence-electron chi connectivity index (χ4n) is 4.56. The molecule has 0 spiro atoms. The summed E-state index contributed by atoms with van der Waals surface area (Å²) >= 11 is 2.00. The minimum atomic E-state index is 0.160. The van der Waals surface area contributed by atoms with Gasteiger partial charge in [0.05, 0.1) is 7.11 Å². The van der Waals surface area contributed by atoms with Crippen LogP contribution in [-0.2, 0) is 5.75 Å². The Morgan fingerprint density at radius 1 is 0.727 bits per heavy atom. The first-order valence-electron chi connectivity index (χ1n) is 11.2. The third-order valence-corrected chi connectivity index (χ3v) is 7.52. The van der Waals surface area contributed by atoms with Crippen LogP contribution in [0, 0.1) is 0 Å². The molecule has 0 aliphatic rings. The minimum Gasteiger partial charge on any atom is -0.496 e. The Morgan fingerprint density at radius 3 is 2.03 bits per heavy atom. The molecule has 0 bridgehead atoms. The SMILES string of the molecule is COc1cccc2[nH]cc([C@@H](c3ccccc3)[C@@H](SCc3ccccc3)c3ccccc3)c12. The van der Waals surface area contributed by atoms with Crippen LogP contribution in [0.1, 0.15) is 33.4 Å². The molecule has 3 heteroatoms. The van der Waals surface area contributed by atoms with Crippen molar-refractivity contribution in [3.8, 4) is 5.75 Å². The lowest BCUT2D eigenvalue weighted by Gasteiger charge is -2.28. The van der Waals surface area contributed by atoms with Gasteiger partial charge in [0.1, 0.15) is 5.75 Å². The summed E-state index contributed by atoms with van der Waals surface area (Å²) in [7, 11) is 1.75. The summed E-state index contributed by atoms with van der Waals surface area (Å²) in [6.45, 7) is 0. The molecule has 1 N–H and O–H groups in total. The van der Waals surface area contributed by atoms with Gasteiger partial charge in [-0.3, -0.25) is 0 Å². The van der Waals surface area contributed by atoms with Crippen LogP contribution in [0.3, 0.4) is 0 Å². The van der Waals surface area contributed by atoms with Crippen molar-refractivity contribution >= 4 is 22.7 Å². The summed E-state index contributed by atoms with van der Waals surface area (Å²) in [6.07, 6.45) is 2.17. The molecule has 2 atom stereocenters. The zero-order valence-corrected chi connectivity index (χ0v) is 19.5. The molecule has 5 rings (SSSR count). The van der Waals surface area contributed by atoms with Crippen LogP contribution in [0.25, 0.3) is 10.9 Å². The lowest BCUT2D eigenvalue weighted by atomic mass is 9.85. The smallest absolute Gasteiger partial charge is 0.128 e. The number of H-pyrrole nitrogens is 1. The van der Waals surface area contributed by atoms with Crippen molar-refractivity contribution in [3.05, 3.63) is 138 Å². The molecule has 0 fully saturated rings. The van der Waals surface area contributed by atoms with E-state index >= 15 is 0 Å². The highest BCUT2D eigenvalue weighted by Gasteiger charge is 2.30. The average molecular weight is 450 g/mol. The van der Waals surface area contributed by atoms with Gasteiger partial charge in [0.25, 0.3) is 0 Å². The van der Waals surface area contributed by atoms with Crippen LogP contribution in [-0.4, -0.2) is 12.1 Å². The number of hydrogen-bond acceptors (Lipinski definition) is 2. The lowest BCUT2D eigenvalue weighted by molar-refractivity contribution is 0.419. The first-order valence-corrected chi connectivity index (χ1v) is 12.3. The van der Waals surface area contributed by atoms with Crippen LogP contribution in [0.5, 0.6) is 5.75 Å². The van der Waals surface area contributed by atoms with Crippen molar-refractivity contribution in [2.45, 2.75) is 16.9 Å². The number of thioether (sulfide) groups is 1. The van der Waals surface area contributed by atoms with E-state index in [0.717, 1.165) is 22.4 Å². The summed E-state index contributed by atoms with van der Waals surface area (Å²) in [6, 6.07) is 38.7. The number of ether oxygens (including phenoxy) is 1. The van der Waals surface area contributed by atoms with Gasteiger partial charge in [0.2, 0.25) is 0 Å². The number of aromatic amines is 1. The van der Waals surface area contributed by atoms with E-state index in [-0.39, 0.29) is 11.2 Å². The van der Waals surface area contributed by atoms with E-state index in [2.05, 4.69) is 114 Å². The van der Waals surface area contributed by atoms with Gasteiger partial charge in [-0.05, 0) is 34.4 Å². The minimum absolute atomic E-state index is 0.160. The fraction of sp³-hybridized carbons (Fsp3) is 0.133. The van der Waals surface area contributed by atoms with Crippen LogP contribution in [0.4, 0.5) is 0 Å². The number of nitrogens with one attached hydrogen (secondary N) is 1. The standard InChI is InChI=1S/C30H27NOS/c1-32-27-19-11-18-26-29(27)25(20-31-26)28(23-14-7-3-8-15-23)30(24-16-9-4-10-17-24)33-21-22-12-5-2-6-13-22/h2-20,28,30-31H,21H2,1H3/t28-,30+/m1/s1. The summed E-state index contributed by atoms with van der Waals surface area (Å²) in [5.41, 5.74) is 6.34. The van der Waals surface area contributed by atoms with Crippen molar-refractivity contribution in [2.24, 2.45) is 0 Å². The average Bonchev–Trinajstić information content (AvgIpc) is 3.32. The molecule has 0 saturated heterocycles. The maximum atomic E-state index is 5.80. The third kappa shape index (κ3) is 4.55. The molecule has 1 aromatic heterocycles. The summed E-state index contributed by atoms with van der Waals surface area (Å²) in [5.74, 6) is 2.01. The Labute approximate surface area is 199 Å². The summed E-state index contributed by atoms with van der Waals surface area (Å²) in [4.78, 5) is 3.50. The second-order valence-corrected chi connectivity index (χ2v) is 9.27. The number of aromatic nitrogens is 1. The van der Waals surface area contributed by atoms with Gasteiger partial charge in [-0.2, -0.15) is 0 Å². The van der Waals surface area contributed by atoms with Gasteiger partial charge in [-0.15, -0.1) is 11.8 Å². The quantitative estimate of drug-likeness (QED) is 0.260. The van der Waals surface area contributed by atoms with Crippen LogP contribution < -0.4 is 4.74 Å². The Kier molecular flexibility index (Phi) is 6.50. The zero-order chi connectivity index (χ0) is 22.5. The van der Waals surface area contributed by atoms with Crippen molar-refractivity contribution in [1.29, 1.82) is 0 Å². The van der Waals surface area contributed by atoms with Gasteiger partial charge in [-0.25, -0.2) is 0 Å². The monoisotopic (exact) mass is 449 g/mol. The molecular weight excluding hydrogens is 422 g/mol. The molecule has 0 saturated carbocycles. The van der Waals surface area contributed by atoms with Crippen LogP contribution in [0.2, 0.25) is 0 Å². The van der Waals surface area contributed by atoms with Crippen molar-refractivity contribution in [2.75, 3.05) is 7.11 Å². The maximum absolute atomic E-state index is 5.80. The second-order valence-electron chi connectivity index (χ2n) is 8.14. The molecule has 33 heavy (non-hydrogen) atoms. The van der Waals surface area contributed by atoms with E-state index in [9.17, 15) is 0 Å². The molecule has 0 aliphatic carbocycles. The predicted octanol–water partition coefficient (Wildman–Crippen LogP) is 7.98. The van der Waals surface area contributed by atoms with E-state index in [1.54, 1.807) is 7.11 Å². The Balaban J connectivity index is 1.66. The number of fused-ring (bicyclic) bond motifs is 1. The molecule has 0 unspecified atom stereocenters. The van der Waals surface area contributed by atoms with Gasteiger partial charge >= 0.3 is 0 Å². The maximum Gasteiger partial charge on any atom is 0.128 e. The number of hydrogen-bond donors (Lipinski definition) is 1. The molecule has 0 aliphatic heterocycles. The van der Waals surface area contributed by atoms with Crippen LogP contribution >= 0.6 is 11.8 Å². The summed E-state index contributed by atoms with van der Waals surface area (Å²) in [5, 5.41) is 1.40. The first kappa shape index (κ1) is 21.4. The van der Waals surface area contributed by atoms with E-state index in [1.807, 2.05) is 17.8 Å². The molecule has 2 nitrogen and oxygen atoms in total. The molecule has 164 valence electrons. The zero-order valence-electron chi connectivity index (χ0n) is 18.6. The van der Waals surface area contributed by atoms with Gasteiger partial charge in [-0.1, -0.05) is 97.1 Å². The first-order chi connectivity index (χ1) is 16.3. The Morgan fingerprint density at radius 2 is 1.36 bits per heavy atom. The number of rotatable bonds is 8. The van der Waals surface area contributed by atoms with Gasteiger partial charge in [0.15, 0.2) is 0 Å². The third-order valence-electron chi connectivity index (χ3n) is 6.11. The molecule has 0 amide bonds. The van der Waals surface area contributed by atoms with Crippen molar-refractivity contribution < 1.29 is 4.74 Å². The second kappa shape index (κ2) is 10.0. The van der Waals surface area contributed by atoms with Crippen LogP contribution in [0.15, 0.2) is 115 Å². The molecular formula is C30H27NOS. The Hall–Kier alpha value is -3.43. The normalized spacial score (nSPS) is 13.0. The Bertz CT molecular complexity index is 1300. The van der Waals surface area contributed by atoms with Crippen molar-refractivity contribution in [3.63, 3.8) is 0 Å². The molecule has 5 aromatic rings. The summed E-state index contributed by atoms with van der Waals surface area (Å²) < 4.78 is 5.80. The molecule has 1 heterocycles. The highest BCUT2D eigenvalue weighted by Crippen LogP contribution is 2.49. The molecule has 4 aromatic carbocycles. The largest absolute Gasteiger partial charge is 0.496 e. The number of benzene rings is 4. The number of methoxy groups -OCH3 is 1.